The van der Waals surface area contributed by atoms with Gasteiger partial charge in [0.05, 0.1) is 6.61 Å². The summed E-state index contributed by atoms with van der Waals surface area (Å²) in [7, 11) is 0. The highest BCUT2D eigenvalue weighted by molar-refractivity contribution is 5.74. The highest BCUT2D eigenvalue weighted by atomic mass is 16.7. The van der Waals surface area contributed by atoms with E-state index in [1.54, 1.807) is 0 Å². The maximum Gasteiger partial charge on any atom is 0.305 e. The van der Waals surface area contributed by atoms with Crippen LogP contribution >= 0.6 is 0 Å². The number of esters is 3. The fourth-order valence-electron chi connectivity index (χ4n) is 2.25. The lowest BCUT2D eigenvalue weighted by molar-refractivity contribution is -0.269. The first-order chi connectivity index (χ1) is 12.8. The SMILES string of the molecule is [2H]CC(=O)OC1O[C@H](CO)[C@@H](OC(=O)C[2H])[C@H](OC(=O)C[2H])[C@@H]1NC(C)=O. The minimum Gasteiger partial charge on any atom is -0.456 e. The van der Waals surface area contributed by atoms with E-state index in [9.17, 15) is 24.3 Å². The number of carbonyl (C=O) groups is 4. The van der Waals surface area contributed by atoms with E-state index in [2.05, 4.69) is 5.32 Å². The highest BCUT2D eigenvalue weighted by Gasteiger charge is 2.51. The molecule has 0 bridgehead atoms. The van der Waals surface area contributed by atoms with Gasteiger partial charge in [-0.3, -0.25) is 19.2 Å². The molecule has 10 heteroatoms. The van der Waals surface area contributed by atoms with Crippen molar-refractivity contribution >= 4 is 23.8 Å². The van der Waals surface area contributed by atoms with Gasteiger partial charge in [-0.2, -0.15) is 0 Å². The minimum absolute atomic E-state index is 0.629. The van der Waals surface area contributed by atoms with Crippen molar-refractivity contribution < 1.29 is 47.3 Å². The summed E-state index contributed by atoms with van der Waals surface area (Å²) in [6, 6.07) is -1.35. The summed E-state index contributed by atoms with van der Waals surface area (Å²) >= 11 is 0. The third kappa shape index (κ3) is 5.46. The molecule has 0 aromatic carbocycles. The molecule has 1 aliphatic rings. The van der Waals surface area contributed by atoms with E-state index in [-0.39, 0.29) is 0 Å². The Kier molecular flexibility index (Phi) is 5.49. The fraction of sp³-hybridized carbons (Fsp3) is 0.714. The Morgan fingerprint density at radius 2 is 1.58 bits per heavy atom. The van der Waals surface area contributed by atoms with Crippen LogP contribution in [0.3, 0.4) is 0 Å². The number of hydrogen-bond acceptors (Lipinski definition) is 9. The molecule has 1 heterocycles. The molecule has 1 aliphatic heterocycles. The molecule has 5 atom stereocenters. The topological polar surface area (TPSA) is 137 Å². The van der Waals surface area contributed by atoms with Gasteiger partial charge in [0, 0.05) is 31.7 Å². The Morgan fingerprint density at radius 1 is 1.04 bits per heavy atom. The predicted molar refractivity (Wildman–Crippen MR) is 76.2 cm³/mol. The molecule has 0 spiro atoms. The second-order valence-electron chi connectivity index (χ2n) is 4.85. The third-order valence-corrected chi connectivity index (χ3v) is 2.98. The Hall–Kier alpha value is -2.20. The van der Waals surface area contributed by atoms with Crippen molar-refractivity contribution in [2.24, 2.45) is 0 Å². The van der Waals surface area contributed by atoms with Crippen LogP contribution in [0.1, 0.15) is 31.7 Å². The first-order valence-corrected chi connectivity index (χ1v) is 6.76. The van der Waals surface area contributed by atoms with Crippen LogP contribution in [0, 0.1) is 0 Å². The summed E-state index contributed by atoms with van der Waals surface area (Å²) in [6.07, 6.45) is -5.79. The van der Waals surface area contributed by atoms with Crippen molar-refractivity contribution in [2.75, 3.05) is 6.61 Å². The van der Waals surface area contributed by atoms with Crippen LogP contribution in [0.4, 0.5) is 0 Å². The van der Waals surface area contributed by atoms with Crippen molar-refractivity contribution in [2.45, 2.75) is 58.3 Å². The van der Waals surface area contributed by atoms with Crippen molar-refractivity contribution in [1.82, 2.24) is 5.32 Å². The van der Waals surface area contributed by atoms with E-state index in [0.29, 0.717) is 0 Å². The molecule has 24 heavy (non-hydrogen) atoms. The second-order valence-corrected chi connectivity index (χ2v) is 4.85. The van der Waals surface area contributed by atoms with Crippen molar-refractivity contribution in [3.05, 3.63) is 0 Å². The summed E-state index contributed by atoms with van der Waals surface area (Å²) in [5, 5.41) is 11.9. The Labute approximate surface area is 142 Å². The van der Waals surface area contributed by atoms with Crippen LogP contribution in [0.5, 0.6) is 0 Å². The number of carbonyl (C=O) groups excluding carboxylic acids is 4. The van der Waals surface area contributed by atoms with Crippen LogP contribution in [0.15, 0.2) is 0 Å². The normalized spacial score (nSPS) is 30.9. The van der Waals surface area contributed by atoms with E-state index in [1.165, 1.54) is 0 Å². The number of aliphatic hydroxyl groups is 1. The molecule has 1 amide bonds. The van der Waals surface area contributed by atoms with Gasteiger partial charge in [-0.25, -0.2) is 0 Å². The average Bonchev–Trinajstić information content (AvgIpc) is 2.64. The zero-order valence-electron chi connectivity index (χ0n) is 15.9. The lowest BCUT2D eigenvalue weighted by Gasteiger charge is -2.44. The van der Waals surface area contributed by atoms with Crippen LogP contribution in [0.25, 0.3) is 0 Å². The molecule has 0 aromatic rings. The molecule has 2 N–H and O–H groups in total. The van der Waals surface area contributed by atoms with Gasteiger partial charge in [-0.05, 0) is 0 Å². The Balaban J connectivity index is 3.27. The zero-order valence-corrected chi connectivity index (χ0v) is 12.9. The molecular formula is C14H21NO9. The fourth-order valence-corrected chi connectivity index (χ4v) is 2.25. The summed E-state index contributed by atoms with van der Waals surface area (Å²) in [5.41, 5.74) is 0. The molecule has 0 radical (unpaired) electrons. The quantitative estimate of drug-likeness (QED) is 0.454. The van der Waals surface area contributed by atoms with Gasteiger partial charge < -0.3 is 29.4 Å². The number of amides is 1. The van der Waals surface area contributed by atoms with Crippen molar-refractivity contribution in [3.63, 3.8) is 0 Å². The number of ether oxygens (including phenoxy) is 4. The zero-order chi connectivity index (χ0) is 20.6. The van der Waals surface area contributed by atoms with Crippen molar-refractivity contribution in [1.29, 1.82) is 0 Å². The summed E-state index contributed by atoms with van der Waals surface area (Å²) in [5.74, 6) is -3.70. The minimum atomic E-state index is -1.56. The maximum absolute atomic E-state index is 11.7. The Bertz CT molecular complexity index is 562. The lowest BCUT2D eigenvalue weighted by atomic mass is 9.96. The lowest BCUT2D eigenvalue weighted by Crippen LogP contribution is -2.66. The molecule has 1 rings (SSSR count). The molecule has 0 saturated carbocycles. The van der Waals surface area contributed by atoms with Crippen LogP contribution in [0.2, 0.25) is 0 Å². The standard InChI is InChI=1S/C14H21NO9/c1-6(17)15-11-13(22-8(3)19)12(21-7(2)18)10(5-16)24-14(11)23-9(4)20/h10-14,16H,5H2,1-4H3,(H,15,17)/t10-,11+,12-,13-,14?/m1/s1/i2D,3D,4D. The van der Waals surface area contributed by atoms with Gasteiger partial charge in [-0.1, -0.05) is 0 Å². The third-order valence-electron chi connectivity index (χ3n) is 2.98. The van der Waals surface area contributed by atoms with Crippen LogP contribution in [-0.2, 0) is 38.1 Å². The number of nitrogens with one attached hydrogen (secondary N) is 1. The van der Waals surface area contributed by atoms with Gasteiger partial charge in [0.15, 0.2) is 12.2 Å². The van der Waals surface area contributed by atoms with Crippen LogP contribution in [-0.4, -0.2) is 66.2 Å². The maximum atomic E-state index is 11.7. The van der Waals surface area contributed by atoms with E-state index < -0.39 is 81.8 Å². The summed E-state index contributed by atoms with van der Waals surface area (Å²) in [4.78, 5) is 46.2. The molecule has 1 unspecified atom stereocenters. The molecule has 10 nitrogen and oxygen atoms in total. The van der Waals surface area contributed by atoms with Gasteiger partial charge in [0.25, 0.3) is 0 Å². The molecule has 136 valence electrons. The monoisotopic (exact) mass is 350 g/mol. The molecule has 0 aromatic heterocycles. The van der Waals surface area contributed by atoms with E-state index in [0.717, 1.165) is 6.92 Å². The van der Waals surface area contributed by atoms with E-state index in [4.69, 9.17) is 23.1 Å². The number of hydrogen-bond donors (Lipinski definition) is 2. The Morgan fingerprint density at radius 3 is 2.08 bits per heavy atom. The average molecular weight is 350 g/mol. The summed E-state index contributed by atoms with van der Waals surface area (Å²) < 4.78 is 41.5. The summed E-state index contributed by atoms with van der Waals surface area (Å²) in [6.45, 7) is -1.94. The largest absolute Gasteiger partial charge is 0.456 e. The van der Waals surface area contributed by atoms with Crippen molar-refractivity contribution in [3.8, 4) is 0 Å². The predicted octanol–water partition coefficient (Wildman–Crippen LogP) is -1.37. The first kappa shape index (κ1) is 15.3. The van der Waals surface area contributed by atoms with Crippen LogP contribution < -0.4 is 5.32 Å². The molecule has 0 aliphatic carbocycles. The van der Waals surface area contributed by atoms with Gasteiger partial charge in [0.2, 0.25) is 12.2 Å². The van der Waals surface area contributed by atoms with Gasteiger partial charge in [-0.15, -0.1) is 0 Å². The number of aliphatic hydroxyl groups excluding tert-OH is 1. The molecule has 1 fully saturated rings. The van der Waals surface area contributed by atoms with E-state index in [1.807, 2.05) is 0 Å². The van der Waals surface area contributed by atoms with Gasteiger partial charge in [0.1, 0.15) is 12.1 Å². The molecular weight excluding hydrogens is 326 g/mol. The number of rotatable bonds is 5. The van der Waals surface area contributed by atoms with E-state index >= 15 is 0 Å². The first-order valence-electron chi connectivity index (χ1n) is 8.89. The second kappa shape index (κ2) is 8.60. The molecule has 1 saturated heterocycles. The van der Waals surface area contributed by atoms with Gasteiger partial charge >= 0.3 is 17.9 Å². The smallest absolute Gasteiger partial charge is 0.305 e. The highest BCUT2D eigenvalue weighted by Crippen LogP contribution is 2.27.